The highest BCUT2D eigenvalue weighted by molar-refractivity contribution is 6.05. The molecule has 5 nitrogen and oxygen atoms in total. The quantitative estimate of drug-likeness (QED) is 0.652. The van der Waals surface area contributed by atoms with Crippen LogP contribution in [0.15, 0.2) is 0 Å². The van der Waals surface area contributed by atoms with Gasteiger partial charge < -0.3 is 10.1 Å². The minimum absolute atomic E-state index is 0.183. The van der Waals surface area contributed by atoms with Crippen LogP contribution in [-0.2, 0) is 14.3 Å². The molecule has 0 bridgehead atoms. The standard InChI is InChI=1S/C11H18N2O3/c1-2-9-7(3-4-16-9)6-12-8-5-10(14)13-11(8)15/h7-9,12H,2-6H2,1H3,(H,13,14,15). The van der Waals surface area contributed by atoms with Crippen LogP contribution in [-0.4, -0.2) is 37.1 Å². The monoisotopic (exact) mass is 226 g/mol. The van der Waals surface area contributed by atoms with Gasteiger partial charge in [0.05, 0.1) is 18.6 Å². The first-order chi connectivity index (χ1) is 7.70. The van der Waals surface area contributed by atoms with Gasteiger partial charge in [-0.15, -0.1) is 0 Å². The zero-order valence-corrected chi connectivity index (χ0v) is 9.49. The van der Waals surface area contributed by atoms with Crippen molar-refractivity contribution in [3.63, 3.8) is 0 Å². The maximum atomic E-state index is 11.3. The molecule has 2 fully saturated rings. The summed E-state index contributed by atoms with van der Waals surface area (Å²) in [5, 5.41) is 5.45. The zero-order valence-electron chi connectivity index (χ0n) is 9.49. The maximum Gasteiger partial charge on any atom is 0.244 e. The van der Waals surface area contributed by atoms with E-state index in [1.807, 2.05) is 0 Å². The van der Waals surface area contributed by atoms with E-state index in [-0.39, 0.29) is 24.3 Å². The van der Waals surface area contributed by atoms with Gasteiger partial charge in [0, 0.05) is 13.2 Å². The molecular formula is C11H18N2O3. The summed E-state index contributed by atoms with van der Waals surface area (Å²) in [4.78, 5) is 22.3. The minimum atomic E-state index is -0.342. The largest absolute Gasteiger partial charge is 0.378 e. The van der Waals surface area contributed by atoms with E-state index >= 15 is 0 Å². The van der Waals surface area contributed by atoms with Crippen LogP contribution in [0, 0.1) is 5.92 Å². The molecule has 0 aromatic carbocycles. The number of rotatable bonds is 4. The zero-order chi connectivity index (χ0) is 11.5. The van der Waals surface area contributed by atoms with Crippen molar-refractivity contribution in [2.75, 3.05) is 13.2 Å². The third kappa shape index (κ3) is 2.41. The van der Waals surface area contributed by atoms with Gasteiger partial charge in [-0.1, -0.05) is 6.92 Å². The first-order valence-electron chi connectivity index (χ1n) is 5.89. The molecule has 2 heterocycles. The lowest BCUT2D eigenvalue weighted by molar-refractivity contribution is -0.125. The van der Waals surface area contributed by atoms with Crippen molar-refractivity contribution in [2.24, 2.45) is 5.92 Å². The Balaban J connectivity index is 1.79. The summed E-state index contributed by atoms with van der Waals surface area (Å²) in [6.45, 7) is 3.67. The van der Waals surface area contributed by atoms with E-state index in [1.54, 1.807) is 0 Å². The topological polar surface area (TPSA) is 67.4 Å². The third-order valence-electron chi connectivity index (χ3n) is 3.34. The van der Waals surface area contributed by atoms with E-state index < -0.39 is 0 Å². The highest BCUT2D eigenvalue weighted by Gasteiger charge is 2.32. The Morgan fingerprint density at radius 2 is 2.31 bits per heavy atom. The first-order valence-corrected chi connectivity index (χ1v) is 5.89. The average molecular weight is 226 g/mol. The number of hydrogen-bond acceptors (Lipinski definition) is 4. The molecule has 2 rings (SSSR count). The molecule has 2 aliphatic rings. The van der Waals surface area contributed by atoms with Crippen LogP contribution in [0.25, 0.3) is 0 Å². The molecule has 0 radical (unpaired) electrons. The SMILES string of the molecule is CCC1OCCC1CNC1CC(=O)NC1=O. The molecule has 0 aromatic heterocycles. The second kappa shape index (κ2) is 4.93. The predicted octanol–water partition coefficient (Wildman–Crippen LogP) is -0.194. The summed E-state index contributed by atoms with van der Waals surface area (Å²) in [6.07, 6.45) is 2.60. The maximum absolute atomic E-state index is 11.3. The highest BCUT2D eigenvalue weighted by Crippen LogP contribution is 2.22. The van der Waals surface area contributed by atoms with Gasteiger partial charge in [-0.3, -0.25) is 14.9 Å². The normalized spacial score (nSPS) is 34.4. The van der Waals surface area contributed by atoms with E-state index in [1.165, 1.54) is 0 Å². The number of imide groups is 1. The lowest BCUT2D eigenvalue weighted by Gasteiger charge is -2.18. The van der Waals surface area contributed by atoms with Crippen LogP contribution in [0.3, 0.4) is 0 Å². The second-order valence-electron chi connectivity index (χ2n) is 4.44. The Morgan fingerprint density at radius 1 is 1.50 bits per heavy atom. The van der Waals surface area contributed by atoms with Crippen molar-refractivity contribution in [2.45, 2.75) is 38.3 Å². The van der Waals surface area contributed by atoms with Gasteiger partial charge in [0.1, 0.15) is 0 Å². The van der Waals surface area contributed by atoms with Crippen LogP contribution >= 0.6 is 0 Å². The summed E-state index contributed by atoms with van der Waals surface area (Å²) >= 11 is 0. The predicted molar refractivity (Wildman–Crippen MR) is 57.7 cm³/mol. The third-order valence-corrected chi connectivity index (χ3v) is 3.34. The molecule has 0 spiro atoms. The second-order valence-corrected chi connectivity index (χ2v) is 4.44. The molecule has 2 amide bonds. The number of nitrogens with one attached hydrogen (secondary N) is 2. The van der Waals surface area contributed by atoms with Gasteiger partial charge in [0.2, 0.25) is 11.8 Å². The molecule has 0 aromatic rings. The Morgan fingerprint density at radius 3 is 2.94 bits per heavy atom. The van der Waals surface area contributed by atoms with Crippen LogP contribution < -0.4 is 10.6 Å². The van der Waals surface area contributed by atoms with Gasteiger partial charge in [0.25, 0.3) is 0 Å². The summed E-state index contributed by atoms with van der Waals surface area (Å²) in [5.41, 5.74) is 0. The van der Waals surface area contributed by atoms with E-state index in [4.69, 9.17) is 4.74 Å². The summed E-state index contributed by atoms with van der Waals surface area (Å²) in [7, 11) is 0. The molecule has 5 heteroatoms. The molecule has 2 aliphatic heterocycles. The van der Waals surface area contributed by atoms with Gasteiger partial charge in [-0.2, -0.15) is 0 Å². The molecule has 2 saturated heterocycles. The van der Waals surface area contributed by atoms with Crippen LogP contribution in [0.2, 0.25) is 0 Å². The summed E-state index contributed by atoms with van der Waals surface area (Å²) in [5.74, 6) is 0.0858. The minimum Gasteiger partial charge on any atom is -0.378 e. The van der Waals surface area contributed by atoms with Gasteiger partial charge >= 0.3 is 0 Å². The highest BCUT2D eigenvalue weighted by atomic mass is 16.5. The Kier molecular flexibility index (Phi) is 3.56. The van der Waals surface area contributed by atoms with Crippen molar-refractivity contribution >= 4 is 11.8 Å². The van der Waals surface area contributed by atoms with Crippen molar-refractivity contribution in [1.82, 2.24) is 10.6 Å². The fourth-order valence-corrected chi connectivity index (χ4v) is 2.39. The summed E-state index contributed by atoms with van der Waals surface area (Å²) < 4.78 is 5.57. The van der Waals surface area contributed by atoms with E-state index in [2.05, 4.69) is 17.6 Å². The molecule has 0 saturated carbocycles. The Bertz CT molecular complexity index is 293. The molecule has 0 aliphatic carbocycles. The molecule has 90 valence electrons. The first kappa shape index (κ1) is 11.5. The lowest BCUT2D eigenvalue weighted by Crippen LogP contribution is -2.40. The van der Waals surface area contributed by atoms with Crippen molar-refractivity contribution in [3.05, 3.63) is 0 Å². The van der Waals surface area contributed by atoms with Crippen LogP contribution in [0.4, 0.5) is 0 Å². The fraction of sp³-hybridized carbons (Fsp3) is 0.818. The van der Waals surface area contributed by atoms with Crippen LogP contribution in [0.5, 0.6) is 0 Å². The van der Waals surface area contributed by atoms with E-state index in [0.29, 0.717) is 12.0 Å². The lowest BCUT2D eigenvalue weighted by atomic mass is 9.99. The van der Waals surface area contributed by atoms with Gasteiger partial charge in [-0.25, -0.2) is 0 Å². The number of carbonyl (C=O) groups excluding carboxylic acids is 2. The summed E-state index contributed by atoms with van der Waals surface area (Å²) in [6, 6.07) is -0.342. The molecule has 16 heavy (non-hydrogen) atoms. The van der Waals surface area contributed by atoms with E-state index in [0.717, 1.165) is 26.0 Å². The smallest absolute Gasteiger partial charge is 0.244 e. The molecule has 2 N–H and O–H groups in total. The van der Waals surface area contributed by atoms with E-state index in [9.17, 15) is 9.59 Å². The molecule has 3 atom stereocenters. The molecular weight excluding hydrogens is 208 g/mol. The average Bonchev–Trinajstić information content (AvgIpc) is 2.81. The van der Waals surface area contributed by atoms with Crippen molar-refractivity contribution in [3.8, 4) is 0 Å². The number of hydrogen-bond donors (Lipinski definition) is 2. The van der Waals surface area contributed by atoms with Gasteiger partial charge in [0.15, 0.2) is 0 Å². The fourth-order valence-electron chi connectivity index (χ4n) is 2.39. The Hall–Kier alpha value is -0.940. The van der Waals surface area contributed by atoms with Crippen molar-refractivity contribution in [1.29, 1.82) is 0 Å². The molecule has 3 unspecified atom stereocenters. The number of carbonyl (C=O) groups is 2. The van der Waals surface area contributed by atoms with Gasteiger partial charge in [-0.05, 0) is 18.8 Å². The Labute approximate surface area is 94.9 Å². The number of ether oxygens (including phenoxy) is 1. The van der Waals surface area contributed by atoms with Crippen molar-refractivity contribution < 1.29 is 14.3 Å². The number of amides is 2. The van der Waals surface area contributed by atoms with Crippen LogP contribution in [0.1, 0.15) is 26.2 Å².